The average Bonchev–Trinajstić information content (AvgIpc) is 3.68. The number of fused-ring (bicyclic) bond motifs is 2. The van der Waals surface area contributed by atoms with Gasteiger partial charge in [0.1, 0.15) is 34.7 Å². The number of pyridine rings is 3. The first-order valence-corrected chi connectivity index (χ1v) is 13.1. The van der Waals surface area contributed by atoms with Crippen LogP contribution >= 0.6 is 0 Å². The molecule has 4 heterocycles. The van der Waals surface area contributed by atoms with E-state index < -0.39 is 0 Å². The van der Waals surface area contributed by atoms with Gasteiger partial charge in [-0.25, -0.2) is 9.97 Å². The van der Waals surface area contributed by atoms with Gasteiger partial charge in [-0.05, 0) is 43.7 Å². The Kier molecular flexibility index (Phi) is 7.32. The molecule has 2 aliphatic carbocycles. The molecule has 10 heteroatoms. The lowest BCUT2D eigenvalue weighted by Crippen LogP contribution is -2.36. The molecule has 0 radical (unpaired) electrons. The Morgan fingerprint density at radius 1 is 1.11 bits per heavy atom. The van der Waals surface area contributed by atoms with E-state index in [0.29, 0.717) is 23.5 Å². The molecular weight excluding hydrogens is 482 g/mol. The maximum absolute atomic E-state index is 12.6. The lowest BCUT2D eigenvalue weighted by molar-refractivity contribution is 0.174. The van der Waals surface area contributed by atoms with Crippen molar-refractivity contribution in [2.45, 2.75) is 51.0 Å². The zero-order valence-corrected chi connectivity index (χ0v) is 21.7. The largest absolute Gasteiger partial charge is 0.453 e. The molecule has 10 nitrogen and oxygen atoms in total. The summed E-state index contributed by atoms with van der Waals surface area (Å²) in [7, 11) is 3.55. The highest BCUT2D eigenvalue weighted by Crippen LogP contribution is 2.34. The van der Waals surface area contributed by atoms with Crippen LogP contribution in [-0.4, -0.2) is 41.0 Å². The molecule has 3 aromatic heterocycles. The molecule has 1 N–H and O–H groups in total. The molecule has 0 bridgehead atoms. The predicted molar refractivity (Wildman–Crippen MR) is 143 cm³/mol. The third kappa shape index (κ3) is 5.21. The van der Waals surface area contributed by atoms with Crippen molar-refractivity contribution >= 4 is 22.5 Å². The smallest absolute Gasteiger partial charge is 0.270 e. The Morgan fingerprint density at radius 2 is 1.87 bits per heavy atom. The fraction of sp³-hybridized carbons (Fsp3) is 0.464. The summed E-state index contributed by atoms with van der Waals surface area (Å²) in [6, 6.07) is 9.59. The van der Waals surface area contributed by atoms with E-state index in [9.17, 15) is 10.1 Å². The highest BCUT2D eigenvalue weighted by Gasteiger charge is 2.26. The minimum atomic E-state index is -0.325. The van der Waals surface area contributed by atoms with E-state index in [1.54, 1.807) is 25.4 Å². The van der Waals surface area contributed by atoms with Gasteiger partial charge in [-0.3, -0.25) is 4.79 Å². The zero-order valence-electron chi connectivity index (χ0n) is 21.7. The van der Waals surface area contributed by atoms with Crippen molar-refractivity contribution in [3.8, 4) is 23.6 Å². The molecular formula is C28H31N7O3. The Labute approximate surface area is 221 Å². The van der Waals surface area contributed by atoms with Crippen LogP contribution in [0, 0.1) is 28.6 Å². The molecule has 0 unspecified atom stereocenters. The average molecular weight is 514 g/mol. The lowest BCUT2D eigenvalue weighted by atomic mass is 9.93. The summed E-state index contributed by atoms with van der Waals surface area (Å²) >= 11 is 0. The molecule has 0 spiro atoms. The molecule has 0 saturated heterocycles. The summed E-state index contributed by atoms with van der Waals surface area (Å²) in [5, 5.41) is 22.0. The van der Waals surface area contributed by atoms with Crippen LogP contribution in [0.4, 0.5) is 11.5 Å². The van der Waals surface area contributed by atoms with E-state index >= 15 is 0 Å². The fourth-order valence-corrected chi connectivity index (χ4v) is 5.02. The summed E-state index contributed by atoms with van der Waals surface area (Å²) in [6.07, 6.45) is 10.00. The van der Waals surface area contributed by atoms with Gasteiger partial charge < -0.3 is 24.3 Å². The van der Waals surface area contributed by atoms with Crippen LogP contribution in [0.2, 0.25) is 0 Å². The number of aryl methyl sites for hydroxylation is 1. The van der Waals surface area contributed by atoms with Gasteiger partial charge in [0.05, 0.1) is 17.4 Å². The van der Waals surface area contributed by atoms with Crippen molar-refractivity contribution in [2.75, 3.05) is 30.6 Å². The number of nitrogens with one attached hydrogen (secondary N) is 1. The molecule has 0 amide bonds. The maximum Gasteiger partial charge on any atom is 0.270 e. The molecule has 0 aromatic carbocycles. The SMILES string of the molecule is CN(c1c(C#N)c(=O)n(C)c2ccc(C#N)nc12)C1CCCCC1.c1nc(NCC2CC2)cc2c1OCO2. The quantitative estimate of drug-likeness (QED) is 0.536. The molecule has 0 atom stereocenters. The lowest BCUT2D eigenvalue weighted by Gasteiger charge is -2.33. The second kappa shape index (κ2) is 11.0. The zero-order chi connectivity index (χ0) is 26.6. The first-order chi connectivity index (χ1) is 18.5. The van der Waals surface area contributed by atoms with Crippen molar-refractivity contribution in [1.82, 2.24) is 14.5 Å². The third-order valence-electron chi connectivity index (χ3n) is 7.45. The second-order valence-corrected chi connectivity index (χ2v) is 10.0. The monoisotopic (exact) mass is 513 g/mol. The molecule has 38 heavy (non-hydrogen) atoms. The number of aromatic nitrogens is 3. The Hall–Kier alpha value is -4.31. The molecule has 6 rings (SSSR count). The van der Waals surface area contributed by atoms with Gasteiger partial charge in [0.15, 0.2) is 11.5 Å². The summed E-state index contributed by atoms with van der Waals surface area (Å²) in [5.41, 5.74) is 1.79. The normalized spacial score (nSPS) is 16.2. The Bertz CT molecular complexity index is 1480. The van der Waals surface area contributed by atoms with Gasteiger partial charge in [-0.15, -0.1) is 0 Å². The van der Waals surface area contributed by atoms with E-state index in [2.05, 4.69) is 21.4 Å². The number of hydrogen-bond donors (Lipinski definition) is 1. The molecule has 2 fully saturated rings. The minimum absolute atomic E-state index is 0.0978. The van der Waals surface area contributed by atoms with Gasteiger partial charge in [-0.1, -0.05) is 19.3 Å². The van der Waals surface area contributed by atoms with Crippen LogP contribution < -0.4 is 25.2 Å². The molecule has 3 aromatic rings. The van der Waals surface area contributed by atoms with Crippen LogP contribution in [0.25, 0.3) is 11.0 Å². The summed E-state index contributed by atoms with van der Waals surface area (Å²) in [4.78, 5) is 23.3. The summed E-state index contributed by atoms with van der Waals surface area (Å²) in [6.45, 7) is 1.33. The van der Waals surface area contributed by atoms with Crippen LogP contribution in [0.5, 0.6) is 11.5 Å². The van der Waals surface area contributed by atoms with Gasteiger partial charge >= 0.3 is 0 Å². The van der Waals surface area contributed by atoms with Crippen molar-refractivity contribution in [2.24, 2.45) is 13.0 Å². The predicted octanol–water partition coefficient (Wildman–Crippen LogP) is 4.08. The first kappa shape index (κ1) is 25.3. The molecule has 2 saturated carbocycles. The first-order valence-electron chi connectivity index (χ1n) is 13.1. The topological polar surface area (TPSA) is 129 Å². The Balaban J connectivity index is 0.000000177. The van der Waals surface area contributed by atoms with E-state index in [4.69, 9.17) is 14.7 Å². The third-order valence-corrected chi connectivity index (χ3v) is 7.45. The number of anilines is 2. The number of hydrogen-bond acceptors (Lipinski definition) is 9. The van der Waals surface area contributed by atoms with Crippen molar-refractivity contribution in [3.05, 3.63) is 46.0 Å². The van der Waals surface area contributed by atoms with Crippen LogP contribution in [0.3, 0.4) is 0 Å². The number of nitrogens with zero attached hydrogens (tertiary/aromatic N) is 6. The van der Waals surface area contributed by atoms with Gasteiger partial charge in [0.25, 0.3) is 5.56 Å². The van der Waals surface area contributed by atoms with Crippen molar-refractivity contribution < 1.29 is 9.47 Å². The maximum atomic E-state index is 12.6. The summed E-state index contributed by atoms with van der Waals surface area (Å²) in [5.74, 6) is 3.25. The second-order valence-electron chi connectivity index (χ2n) is 10.0. The van der Waals surface area contributed by atoms with Gasteiger partial charge in [0, 0.05) is 32.7 Å². The van der Waals surface area contributed by atoms with Crippen LogP contribution in [-0.2, 0) is 7.05 Å². The molecule has 1 aliphatic heterocycles. The number of nitriles is 2. The van der Waals surface area contributed by atoms with Crippen molar-refractivity contribution in [1.29, 1.82) is 10.5 Å². The standard InChI is InChI=1S/C18H19N5O.C10H12N2O2/c1-22(13-6-4-3-5-7-13)17-14(11-20)18(24)23(2)15-9-8-12(10-19)21-16(15)17;1-2-7(1)4-11-10-3-8-9(5-12-10)14-6-13-8/h8-9,13H,3-7H2,1-2H3;3,5,7H,1-2,4,6H2,(H,11,12). The van der Waals surface area contributed by atoms with Gasteiger partial charge in [-0.2, -0.15) is 10.5 Å². The highest BCUT2D eigenvalue weighted by atomic mass is 16.7. The fourth-order valence-electron chi connectivity index (χ4n) is 5.02. The van der Waals surface area contributed by atoms with E-state index in [-0.39, 0.29) is 22.9 Å². The van der Waals surface area contributed by atoms with Crippen LogP contribution in [0.1, 0.15) is 56.2 Å². The number of ether oxygens (including phenoxy) is 2. The number of rotatable bonds is 5. The summed E-state index contributed by atoms with van der Waals surface area (Å²) < 4.78 is 11.9. The van der Waals surface area contributed by atoms with E-state index in [1.165, 1.54) is 23.8 Å². The Morgan fingerprint density at radius 3 is 2.58 bits per heavy atom. The minimum Gasteiger partial charge on any atom is -0.453 e. The van der Waals surface area contributed by atoms with E-state index in [0.717, 1.165) is 55.5 Å². The molecule has 3 aliphatic rings. The highest BCUT2D eigenvalue weighted by molar-refractivity contribution is 5.92. The van der Waals surface area contributed by atoms with E-state index in [1.807, 2.05) is 24.1 Å². The van der Waals surface area contributed by atoms with Gasteiger partial charge in [0.2, 0.25) is 6.79 Å². The molecule has 196 valence electrons. The van der Waals surface area contributed by atoms with Crippen molar-refractivity contribution in [3.63, 3.8) is 0 Å². The van der Waals surface area contributed by atoms with Crippen LogP contribution in [0.15, 0.2) is 29.2 Å².